The largest absolute Gasteiger partial charge is 0.458 e. The minimum Gasteiger partial charge on any atom is -0.458 e. The number of likely N-dealkylation sites (N-methyl/N-ethyl adjacent to an activating group) is 1. The van der Waals surface area contributed by atoms with Gasteiger partial charge in [0.1, 0.15) is 6.61 Å². The predicted molar refractivity (Wildman–Crippen MR) is 94.2 cm³/mol. The van der Waals surface area contributed by atoms with Gasteiger partial charge in [-0.3, -0.25) is 9.59 Å². The van der Waals surface area contributed by atoms with E-state index in [0.29, 0.717) is 25.9 Å². The number of cyclic esters (lactones) is 1. The third kappa shape index (κ3) is 4.40. The van der Waals surface area contributed by atoms with Crippen molar-refractivity contribution in [1.82, 2.24) is 4.90 Å². The molecule has 7 heteroatoms. The maximum absolute atomic E-state index is 12.8. The van der Waals surface area contributed by atoms with Crippen molar-refractivity contribution in [2.45, 2.75) is 44.8 Å². The quantitative estimate of drug-likeness (QED) is 0.547. The lowest BCUT2D eigenvalue weighted by molar-refractivity contribution is -0.163. The van der Waals surface area contributed by atoms with Gasteiger partial charge in [-0.15, -0.1) is 0 Å². The number of nitrogens with zero attached hydrogens (tertiary/aromatic N) is 1. The van der Waals surface area contributed by atoms with Crippen molar-refractivity contribution in [2.75, 3.05) is 26.7 Å². The number of hydrogen-bond donors (Lipinski definition) is 1. The van der Waals surface area contributed by atoms with Gasteiger partial charge < -0.3 is 19.5 Å². The van der Waals surface area contributed by atoms with E-state index in [1.807, 2.05) is 11.9 Å². The molecular weight excluding hydrogens is 338 g/mol. The number of Topliss-reactive ketones (excluding diaryl/α,β-unsaturated/α-hetero) is 1. The van der Waals surface area contributed by atoms with E-state index in [1.165, 1.54) is 6.92 Å². The summed E-state index contributed by atoms with van der Waals surface area (Å²) in [5.41, 5.74) is -1.49. The molecule has 0 aromatic rings. The van der Waals surface area contributed by atoms with Gasteiger partial charge in [-0.05, 0) is 32.4 Å². The van der Waals surface area contributed by atoms with Gasteiger partial charge in [0.25, 0.3) is 0 Å². The van der Waals surface area contributed by atoms with Gasteiger partial charge in [0.2, 0.25) is 5.78 Å². The van der Waals surface area contributed by atoms with Crippen LogP contribution in [0.25, 0.3) is 0 Å². The van der Waals surface area contributed by atoms with Crippen LogP contribution < -0.4 is 0 Å². The Kier molecular flexibility index (Phi) is 6.36. The summed E-state index contributed by atoms with van der Waals surface area (Å²) in [5.74, 6) is -2.34. The molecule has 0 aromatic carbocycles. The molecule has 1 saturated heterocycles. The number of carbonyl (C=O) groups is 3. The van der Waals surface area contributed by atoms with E-state index in [0.717, 1.165) is 0 Å². The van der Waals surface area contributed by atoms with Gasteiger partial charge >= 0.3 is 11.9 Å². The molecule has 0 amide bonds. The molecule has 26 heavy (non-hydrogen) atoms. The van der Waals surface area contributed by atoms with Crippen LogP contribution >= 0.6 is 0 Å². The second-order valence-electron chi connectivity index (χ2n) is 7.13. The first-order valence-corrected chi connectivity index (χ1v) is 8.87. The number of aliphatic hydroxyl groups is 1. The van der Waals surface area contributed by atoms with E-state index < -0.39 is 29.6 Å². The fourth-order valence-corrected chi connectivity index (χ4v) is 2.93. The standard InChI is InChI=1S/C19H27NO6/c1-5-13-10-12(2)19(3,24)18(23)25-11-14-6-8-20(4)9-7-15(16(14)21)26-17(13)22/h6,13,15,24H,2,5,7-11H2,1,3-4H3/b14-6-/t13?,15-,19?/m1/s1. The number of carbonyl (C=O) groups excluding carboxylic acids is 3. The SMILES string of the molecule is C=C1CC(CC)C(=O)O[C@@H]2CCN(C)C/C=C(/COC(=O)C1(C)O)C2=O. The summed E-state index contributed by atoms with van der Waals surface area (Å²) in [6.07, 6.45) is 1.66. The lowest BCUT2D eigenvalue weighted by atomic mass is 9.87. The number of rotatable bonds is 1. The number of esters is 2. The molecule has 2 unspecified atom stereocenters. The number of fused-ring (bicyclic) bond motifs is 2. The lowest BCUT2D eigenvalue weighted by Crippen LogP contribution is -2.43. The van der Waals surface area contributed by atoms with E-state index in [4.69, 9.17) is 9.47 Å². The van der Waals surface area contributed by atoms with Crippen molar-refractivity contribution in [1.29, 1.82) is 0 Å². The van der Waals surface area contributed by atoms with Gasteiger partial charge in [-0.25, -0.2) is 4.79 Å². The zero-order valence-electron chi connectivity index (χ0n) is 15.6. The minimum absolute atomic E-state index is 0.0843. The van der Waals surface area contributed by atoms with Crippen LogP contribution in [0.5, 0.6) is 0 Å². The van der Waals surface area contributed by atoms with Crippen LogP contribution in [0.2, 0.25) is 0 Å². The highest BCUT2D eigenvalue weighted by Gasteiger charge is 2.39. The second kappa shape index (κ2) is 8.14. The van der Waals surface area contributed by atoms with Gasteiger partial charge in [-0.1, -0.05) is 19.6 Å². The summed E-state index contributed by atoms with van der Waals surface area (Å²) >= 11 is 0. The Morgan fingerprint density at radius 2 is 2.08 bits per heavy atom. The molecule has 7 nitrogen and oxygen atoms in total. The van der Waals surface area contributed by atoms with Crippen LogP contribution in [0.4, 0.5) is 0 Å². The molecule has 2 rings (SSSR count). The minimum atomic E-state index is -1.94. The Morgan fingerprint density at radius 3 is 2.73 bits per heavy atom. The third-order valence-corrected chi connectivity index (χ3v) is 5.05. The summed E-state index contributed by atoms with van der Waals surface area (Å²) in [5, 5.41) is 10.5. The Balaban J connectivity index is 2.40. The van der Waals surface area contributed by atoms with Crippen LogP contribution in [0.3, 0.4) is 0 Å². The number of ether oxygens (including phenoxy) is 2. The topological polar surface area (TPSA) is 93.1 Å². The number of hydrogen-bond acceptors (Lipinski definition) is 7. The zero-order chi connectivity index (χ0) is 19.5. The fourth-order valence-electron chi connectivity index (χ4n) is 2.93. The van der Waals surface area contributed by atoms with Gasteiger partial charge in [0, 0.05) is 25.1 Å². The van der Waals surface area contributed by atoms with E-state index in [-0.39, 0.29) is 30.0 Å². The van der Waals surface area contributed by atoms with Crippen molar-refractivity contribution in [2.24, 2.45) is 5.92 Å². The normalized spacial score (nSPS) is 34.4. The van der Waals surface area contributed by atoms with Crippen molar-refractivity contribution in [3.8, 4) is 0 Å². The monoisotopic (exact) mass is 365 g/mol. The molecule has 2 aliphatic rings. The molecule has 0 saturated carbocycles. The van der Waals surface area contributed by atoms with Crippen molar-refractivity contribution < 1.29 is 29.0 Å². The molecule has 1 fully saturated rings. The van der Waals surface area contributed by atoms with Gasteiger partial charge in [0.15, 0.2) is 11.7 Å². The van der Waals surface area contributed by atoms with E-state index in [1.54, 1.807) is 13.0 Å². The predicted octanol–water partition coefficient (Wildman–Crippen LogP) is 1.01. The van der Waals surface area contributed by atoms with Crippen LogP contribution in [-0.2, 0) is 23.9 Å². The maximum Gasteiger partial charge on any atom is 0.342 e. The third-order valence-electron chi connectivity index (χ3n) is 5.05. The molecule has 2 heterocycles. The van der Waals surface area contributed by atoms with Gasteiger partial charge in [-0.2, -0.15) is 0 Å². The molecule has 3 atom stereocenters. The maximum atomic E-state index is 12.8. The summed E-state index contributed by atoms with van der Waals surface area (Å²) in [7, 11) is 1.89. The molecule has 2 aliphatic heterocycles. The van der Waals surface area contributed by atoms with Crippen molar-refractivity contribution in [3.05, 3.63) is 23.8 Å². The molecule has 0 spiro atoms. The van der Waals surface area contributed by atoms with Gasteiger partial charge in [0.05, 0.1) is 5.92 Å². The summed E-state index contributed by atoms with van der Waals surface area (Å²) in [4.78, 5) is 39.6. The molecule has 144 valence electrons. The fraction of sp³-hybridized carbons (Fsp3) is 0.632. The highest BCUT2D eigenvalue weighted by atomic mass is 16.6. The first-order chi connectivity index (χ1) is 12.2. The lowest BCUT2D eigenvalue weighted by Gasteiger charge is -2.30. The average Bonchev–Trinajstić information content (AvgIpc) is 2.59. The van der Waals surface area contributed by atoms with Crippen LogP contribution in [0.1, 0.15) is 33.1 Å². The Bertz CT molecular complexity index is 636. The molecule has 2 bridgehead atoms. The van der Waals surface area contributed by atoms with Crippen LogP contribution in [0, 0.1) is 5.92 Å². The van der Waals surface area contributed by atoms with Crippen molar-refractivity contribution in [3.63, 3.8) is 0 Å². The van der Waals surface area contributed by atoms with E-state index >= 15 is 0 Å². The molecule has 0 aromatic heterocycles. The first kappa shape index (κ1) is 20.3. The zero-order valence-corrected chi connectivity index (χ0v) is 15.6. The summed E-state index contributed by atoms with van der Waals surface area (Å²) in [6.45, 7) is 7.69. The van der Waals surface area contributed by atoms with E-state index in [9.17, 15) is 19.5 Å². The second-order valence-corrected chi connectivity index (χ2v) is 7.13. The number of ketones is 1. The molecule has 1 N–H and O–H groups in total. The van der Waals surface area contributed by atoms with Crippen molar-refractivity contribution >= 4 is 17.7 Å². The molecule has 0 aliphatic carbocycles. The highest BCUT2D eigenvalue weighted by molar-refractivity contribution is 6.00. The molecular formula is C19H27NO6. The Labute approximate surface area is 153 Å². The Hall–Kier alpha value is -1.99. The average molecular weight is 365 g/mol. The van der Waals surface area contributed by atoms with E-state index in [2.05, 4.69) is 6.58 Å². The van der Waals surface area contributed by atoms with Crippen LogP contribution in [-0.4, -0.2) is 66.2 Å². The Morgan fingerprint density at radius 1 is 1.38 bits per heavy atom. The molecule has 0 radical (unpaired) electrons. The van der Waals surface area contributed by atoms with Crippen LogP contribution in [0.15, 0.2) is 23.8 Å². The summed E-state index contributed by atoms with van der Waals surface area (Å²) in [6, 6.07) is 0. The smallest absolute Gasteiger partial charge is 0.342 e. The highest BCUT2D eigenvalue weighted by Crippen LogP contribution is 2.28. The first-order valence-electron chi connectivity index (χ1n) is 8.87. The summed E-state index contributed by atoms with van der Waals surface area (Å²) < 4.78 is 10.7.